The lowest BCUT2D eigenvalue weighted by atomic mass is 9.92. The molecule has 0 spiro atoms. The normalized spacial score (nSPS) is 13.6. The highest BCUT2D eigenvalue weighted by Gasteiger charge is 2.27. The summed E-state index contributed by atoms with van der Waals surface area (Å²) in [6, 6.07) is 17.3. The van der Waals surface area contributed by atoms with Gasteiger partial charge in [0.25, 0.3) is 0 Å². The number of aliphatic hydroxyl groups excluding tert-OH is 1. The molecule has 0 bridgehead atoms. The Labute approximate surface area is 168 Å². The first-order chi connectivity index (χ1) is 13.4. The molecule has 4 nitrogen and oxygen atoms in total. The molecule has 2 aromatic carbocycles. The number of nitrogens with one attached hydrogen (secondary N) is 1. The Hall–Kier alpha value is -2.33. The molecule has 1 amide bonds. The molecular formula is C24H33NO3. The van der Waals surface area contributed by atoms with Gasteiger partial charge in [-0.05, 0) is 49.4 Å². The number of hydrogen-bond donors (Lipinski definition) is 2. The maximum atomic E-state index is 12.8. The average Bonchev–Trinajstić information content (AvgIpc) is 2.68. The first-order valence-corrected chi connectivity index (χ1v) is 10.1. The van der Waals surface area contributed by atoms with Gasteiger partial charge in [-0.25, -0.2) is 0 Å². The lowest BCUT2D eigenvalue weighted by Gasteiger charge is -2.29. The molecule has 0 aliphatic carbocycles. The van der Waals surface area contributed by atoms with Crippen LogP contribution in [0.5, 0.6) is 5.75 Å². The van der Waals surface area contributed by atoms with E-state index < -0.39 is 11.5 Å². The lowest BCUT2D eigenvalue weighted by molar-refractivity contribution is -0.125. The van der Waals surface area contributed by atoms with Gasteiger partial charge in [-0.3, -0.25) is 4.79 Å². The van der Waals surface area contributed by atoms with Crippen molar-refractivity contribution in [2.75, 3.05) is 13.2 Å². The first-order valence-electron chi connectivity index (χ1n) is 10.1. The lowest BCUT2D eigenvalue weighted by Crippen LogP contribution is -2.44. The van der Waals surface area contributed by atoms with Crippen molar-refractivity contribution >= 4 is 5.91 Å². The van der Waals surface area contributed by atoms with Crippen LogP contribution in [-0.2, 0) is 10.3 Å². The highest BCUT2D eigenvalue weighted by Crippen LogP contribution is 2.24. The van der Waals surface area contributed by atoms with Crippen molar-refractivity contribution in [3.8, 4) is 5.75 Å². The van der Waals surface area contributed by atoms with Gasteiger partial charge in [-0.1, -0.05) is 62.7 Å². The Balaban J connectivity index is 2.02. The van der Waals surface area contributed by atoms with Gasteiger partial charge in [-0.2, -0.15) is 0 Å². The minimum Gasteiger partial charge on any atom is -0.493 e. The molecule has 0 fully saturated rings. The van der Waals surface area contributed by atoms with Crippen LogP contribution in [0, 0.1) is 5.92 Å². The fraction of sp³-hybridized carbons (Fsp3) is 0.458. The van der Waals surface area contributed by atoms with Gasteiger partial charge < -0.3 is 15.2 Å². The van der Waals surface area contributed by atoms with Crippen LogP contribution in [0.3, 0.4) is 0 Å². The Kier molecular flexibility index (Phi) is 8.06. The fourth-order valence-corrected chi connectivity index (χ4v) is 3.27. The number of rotatable bonds is 10. The van der Waals surface area contributed by atoms with Gasteiger partial charge in [-0.15, -0.1) is 0 Å². The quantitative estimate of drug-likeness (QED) is 0.629. The van der Waals surface area contributed by atoms with Gasteiger partial charge in [0.05, 0.1) is 24.7 Å². The van der Waals surface area contributed by atoms with Crippen LogP contribution in [0.25, 0.3) is 0 Å². The van der Waals surface area contributed by atoms with Crippen molar-refractivity contribution in [2.45, 2.75) is 52.0 Å². The van der Waals surface area contributed by atoms with E-state index in [9.17, 15) is 9.90 Å². The van der Waals surface area contributed by atoms with E-state index in [2.05, 4.69) is 19.2 Å². The number of hydrogen-bond acceptors (Lipinski definition) is 3. The zero-order valence-electron chi connectivity index (χ0n) is 17.4. The third-order valence-corrected chi connectivity index (χ3v) is 5.03. The number of carbonyl (C=O) groups is 1. The topological polar surface area (TPSA) is 58.6 Å². The number of aliphatic hydroxyl groups is 1. The Morgan fingerprint density at radius 3 is 2.32 bits per heavy atom. The van der Waals surface area contributed by atoms with Crippen LogP contribution in [-0.4, -0.2) is 24.2 Å². The van der Waals surface area contributed by atoms with Gasteiger partial charge in [0.15, 0.2) is 0 Å². The maximum absolute atomic E-state index is 12.8. The van der Waals surface area contributed by atoms with E-state index in [4.69, 9.17) is 4.74 Å². The SMILES string of the molecule is CCCC(C)COc1ccc(C(CO)C(=O)NC(C)(C)c2ccccc2)cc1. The van der Waals surface area contributed by atoms with E-state index in [1.165, 1.54) is 0 Å². The minimum absolute atomic E-state index is 0.193. The molecule has 152 valence electrons. The van der Waals surface area contributed by atoms with Crippen LogP contribution in [0.2, 0.25) is 0 Å². The Morgan fingerprint density at radius 2 is 1.75 bits per heavy atom. The molecule has 2 atom stereocenters. The first kappa shape index (κ1) is 22.0. The summed E-state index contributed by atoms with van der Waals surface area (Å²) in [7, 11) is 0. The summed E-state index contributed by atoms with van der Waals surface area (Å²) >= 11 is 0. The standard InChI is InChI=1S/C24H33NO3/c1-5-9-18(2)17-28-21-14-12-19(13-15-21)22(16-26)23(27)25-24(3,4)20-10-7-6-8-11-20/h6-8,10-15,18,22,26H,5,9,16-17H2,1-4H3,(H,25,27). The Bertz CT molecular complexity index is 725. The second-order valence-corrected chi connectivity index (χ2v) is 7.99. The van der Waals surface area contributed by atoms with Crippen LogP contribution in [0.4, 0.5) is 0 Å². The summed E-state index contributed by atoms with van der Waals surface area (Å²) in [5.74, 6) is 0.493. The van der Waals surface area contributed by atoms with Crippen LogP contribution in [0.15, 0.2) is 54.6 Å². The summed E-state index contributed by atoms with van der Waals surface area (Å²) in [6.45, 7) is 8.71. The van der Waals surface area contributed by atoms with Gasteiger partial charge >= 0.3 is 0 Å². The second-order valence-electron chi connectivity index (χ2n) is 7.99. The van der Waals surface area contributed by atoms with E-state index in [-0.39, 0.29) is 12.5 Å². The second kappa shape index (κ2) is 10.3. The van der Waals surface area contributed by atoms with Crippen molar-refractivity contribution in [1.29, 1.82) is 0 Å². The van der Waals surface area contributed by atoms with Gasteiger partial charge in [0.2, 0.25) is 5.91 Å². The molecule has 2 aromatic rings. The van der Waals surface area contributed by atoms with Crippen molar-refractivity contribution in [3.05, 3.63) is 65.7 Å². The molecule has 2 N–H and O–H groups in total. The predicted molar refractivity (Wildman–Crippen MR) is 113 cm³/mol. The third kappa shape index (κ3) is 6.10. The molecule has 0 aliphatic heterocycles. The fourth-order valence-electron chi connectivity index (χ4n) is 3.27. The molecule has 2 unspecified atom stereocenters. The highest BCUT2D eigenvalue weighted by atomic mass is 16.5. The Morgan fingerprint density at radius 1 is 1.11 bits per heavy atom. The van der Waals surface area contributed by atoms with Crippen molar-refractivity contribution < 1.29 is 14.6 Å². The molecule has 4 heteroatoms. The summed E-state index contributed by atoms with van der Waals surface area (Å²) < 4.78 is 5.82. The molecule has 0 saturated heterocycles. The number of ether oxygens (including phenoxy) is 1. The smallest absolute Gasteiger partial charge is 0.230 e. The van der Waals surface area contributed by atoms with E-state index in [1.807, 2.05) is 68.4 Å². The average molecular weight is 384 g/mol. The zero-order chi connectivity index (χ0) is 20.6. The van der Waals surface area contributed by atoms with Crippen LogP contribution >= 0.6 is 0 Å². The summed E-state index contributed by atoms with van der Waals surface area (Å²) in [5.41, 5.74) is 1.27. The molecule has 28 heavy (non-hydrogen) atoms. The number of benzene rings is 2. The van der Waals surface area contributed by atoms with Gasteiger partial charge in [0, 0.05) is 0 Å². The number of amides is 1. The van der Waals surface area contributed by atoms with Gasteiger partial charge in [0.1, 0.15) is 5.75 Å². The van der Waals surface area contributed by atoms with E-state index in [1.54, 1.807) is 0 Å². The minimum atomic E-state index is -0.615. The molecule has 2 rings (SSSR count). The molecule has 0 radical (unpaired) electrons. The monoisotopic (exact) mass is 383 g/mol. The molecular weight excluding hydrogens is 350 g/mol. The summed E-state index contributed by atoms with van der Waals surface area (Å²) in [4.78, 5) is 12.8. The highest BCUT2D eigenvalue weighted by molar-refractivity contribution is 5.84. The molecule has 0 heterocycles. The zero-order valence-corrected chi connectivity index (χ0v) is 17.4. The largest absolute Gasteiger partial charge is 0.493 e. The van der Waals surface area contributed by atoms with E-state index >= 15 is 0 Å². The van der Waals surface area contributed by atoms with Crippen molar-refractivity contribution in [3.63, 3.8) is 0 Å². The molecule has 0 aliphatic rings. The van der Waals surface area contributed by atoms with Crippen LogP contribution in [0.1, 0.15) is 57.6 Å². The van der Waals surface area contributed by atoms with E-state index in [0.717, 1.165) is 29.7 Å². The summed E-state index contributed by atoms with van der Waals surface area (Å²) in [5, 5.41) is 12.9. The van der Waals surface area contributed by atoms with E-state index in [0.29, 0.717) is 12.5 Å². The van der Waals surface area contributed by atoms with Crippen molar-refractivity contribution in [1.82, 2.24) is 5.32 Å². The third-order valence-electron chi connectivity index (χ3n) is 5.03. The molecule has 0 aromatic heterocycles. The summed E-state index contributed by atoms with van der Waals surface area (Å²) in [6.07, 6.45) is 2.29. The predicted octanol–water partition coefficient (Wildman–Crippen LogP) is 4.63. The molecule has 0 saturated carbocycles. The van der Waals surface area contributed by atoms with Crippen LogP contribution < -0.4 is 10.1 Å². The number of carbonyl (C=O) groups excluding carboxylic acids is 1. The maximum Gasteiger partial charge on any atom is 0.230 e. The van der Waals surface area contributed by atoms with Crippen molar-refractivity contribution in [2.24, 2.45) is 5.92 Å².